The highest BCUT2D eigenvalue weighted by molar-refractivity contribution is 5.65. The fourth-order valence-corrected chi connectivity index (χ4v) is 4.63. The molecule has 3 aromatic carbocycles. The predicted molar refractivity (Wildman–Crippen MR) is 128 cm³/mol. The lowest BCUT2D eigenvalue weighted by Crippen LogP contribution is -2.13. The Hall–Kier alpha value is -2.86. The SMILES string of the molecule is CCOCc1ccc(COc2ccc(-c3ccc(C4CCC(C)CC4)c(F)c3F)cc2)c(F)c1F. The molecule has 0 unspecified atom stereocenters. The van der Waals surface area contributed by atoms with Gasteiger partial charge < -0.3 is 9.47 Å². The molecule has 186 valence electrons. The van der Waals surface area contributed by atoms with Crippen LogP contribution < -0.4 is 4.74 Å². The molecule has 3 aromatic rings. The largest absolute Gasteiger partial charge is 0.489 e. The van der Waals surface area contributed by atoms with Crippen LogP contribution in [0.4, 0.5) is 17.6 Å². The van der Waals surface area contributed by atoms with E-state index in [-0.39, 0.29) is 35.8 Å². The summed E-state index contributed by atoms with van der Waals surface area (Å²) in [4.78, 5) is 0. The highest BCUT2D eigenvalue weighted by atomic mass is 19.2. The number of halogens is 4. The van der Waals surface area contributed by atoms with Crippen molar-refractivity contribution in [1.29, 1.82) is 0 Å². The molecule has 0 amide bonds. The predicted octanol–water partition coefficient (Wildman–Crippen LogP) is 8.32. The Kier molecular flexibility index (Phi) is 8.11. The summed E-state index contributed by atoms with van der Waals surface area (Å²) in [5, 5.41) is 0. The van der Waals surface area contributed by atoms with Gasteiger partial charge in [0.1, 0.15) is 12.4 Å². The van der Waals surface area contributed by atoms with Crippen molar-refractivity contribution < 1.29 is 27.0 Å². The molecule has 0 N–H and O–H groups in total. The standard InChI is InChI=1S/C29H30F4O2/c1-3-34-16-21-8-9-22(27(31)26(21)30)17-35-23-12-10-20(11-13-23)25-15-14-24(28(32)29(25)33)19-6-4-18(2)5-7-19/h8-15,18-19H,3-7,16-17H2,1-2H3. The smallest absolute Gasteiger partial charge is 0.166 e. The van der Waals surface area contributed by atoms with Crippen LogP contribution >= 0.6 is 0 Å². The molecule has 1 aliphatic rings. The maximum Gasteiger partial charge on any atom is 0.166 e. The van der Waals surface area contributed by atoms with Gasteiger partial charge in [-0.3, -0.25) is 0 Å². The van der Waals surface area contributed by atoms with Crippen LogP contribution in [0.3, 0.4) is 0 Å². The first-order valence-electron chi connectivity index (χ1n) is 12.1. The van der Waals surface area contributed by atoms with E-state index in [1.165, 1.54) is 12.1 Å². The summed E-state index contributed by atoms with van der Waals surface area (Å²) in [5.41, 5.74) is 1.37. The highest BCUT2D eigenvalue weighted by Gasteiger charge is 2.25. The maximum atomic E-state index is 14.9. The second kappa shape index (κ2) is 11.3. The molecule has 0 saturated heterocycles. The highest BCUT2D eigenvalue weighted by Crippen LogP contribution is 2.39. The molecule has 1 fully saturated rings. The third-order valence-corrected chi connectivity index (χ3v) is 6.83. The van der Waals surface area contributed by atoms with Crippen LogP contribution in [0.1, 0.15) is 62.1 Å². The molecule has 0 heterocycles. The number of ether oxygens (including phenoxy) is 2. The van der Waals surface area contributed by atoms with Crippen molar-refractivity contribution in [3.63, 3.8) is 0 Å². The van der Waals surface area contributed by atoms with Crippen LogP contribution in [-0.4, -0.2) is 6.61 Å². The van der Waals surface area contributed by atoms with Gasteiger partial charge in [0.2, 0.25) is 0 Å². The summed E-state index contributed by atoms with van der Waals surface area (Å²) in [5.74, 6) is -2.44. The average molecular weight is 487 g/mol. The lowest BCUT2D eigenvalue weighted by atomic mass is 9.79. The molecule has 1 aliphatic carbocycles. The first-order chi connectivity index (χ1) is 16.9. The molecule has 0 radical (unpaired) electrons. The molecule has 2 nitrogen and oxygen atoms in total. The number of benzene rings is 3. The van der Waals surface area contributed by atoms with E-state index in [2.05, 4.69) is 6.92 Å². The Morgan fingerprint density at radius 3 is 1.97 bits per heavy atom. The van der Waals surface area contributed by atoms with Gasteiger partial charge in [0.25, 0.3) is 0 Å². The lowest BCUT2D eigenvalue weighted by molar-refractivity contribution is 0.130. The van der Waals surface area contributed by atoms with Crippen molar-refractivity contribution in [2.75, 3.05) is 6.61 Å². The van der Waals surface area contributed by atoms with E-state index in [1.54, 1.807) is 43.3 Å². The van der Waals surface area contributed by atoms with E-state index >= 15 is 0 Å². The summed E-state index contributed by atoms with van der Waals surface area (Å²) in [6.07, 6.45) is 3.82. The van der Waals surface area contributed by atoms with E-state index in [1.807, 2.05) is 0 Å². The summed E-state index contributed by atoms with van der Waals surface area (Å²) < 4.78 is 69.2. The van der Waals surface area contributed by atoms with Crippen molar-refractivity contribution >= 4 is 0 Å². The normalized spacial score (nSPS) is 18.0. The van der Waals surface area contributed by atoms with E-state index in [0.29, 0.717) is 29.4 Å². The van der Waals surface area contributed by atoms with Crippen molar-refractivity contribution in [1.82, 2.24) is 0 Å². The average Bonchev–Trinajstić information content (AvgIpc) is 2.87. The molecule has 6 heteroatoms. The Labute approximate surface area is 203 Å². The third-order valence-electron chi connectivity index (χ3n) is 6.83. The molecule has 0 spiro atoms. The molecular formula is C29H30F4O2. The maximum absolute atomic E-state index is 14.9. The van der Waals surface area contributed by atoms with Gasteiger partial charge in [0.05, 0.1) is 6.61 Å². The first kappa shape index (κ1) is 25.2. The van der Waals surface area contributed by atoms with Gasteiger partial charge in [-0.15, -0.1) is 0 Å². The zero-order chi connectivity index (χ0) is 24.9. The minimum Gasteiger partial charge on any atom is -0.489 e. The molecule has 0 atom stereocenters. The van der Waals surface area contributed by atoms with Crippen LogP contribution in [0.5, 0.6) is 5.75 Å². The fourth-order valence-electron chi connectivity index (χ4n) is 4.63. The summed E-state index contributed by atoms with van der Waals surface area (Å²) in [7, 11) is 0. The van der Waals surface area contributed by atoms with Gasteiger partial charge in [-0.2, -0.15) is 0 Å². The Morgan fingerprint density at radius 2 is 1.34 bits per heavy atom. The quantitative estimate of drug-likeness (QED) is 0.298. The molecule has 0 bridgehead atoms. The van der Waals surface area contributed by atoms with Crippen molar-refractivity contribution in [2.24, 2.45) is 5.92 Å². The van der Waals surface area contributed by atoms with Crippen LogP contribution in [0.2, 0.25) is 0 Å². The van der Waals surface area contributed by atoms with Crippen LogP contribution in [0.15, 0.2) is 48.5 Å². The van der Waals surface area contributed by atoms with E-state index in [4.69, 9.17) is 9.47 Å². The summed E-state index contributed by atoms with van der Waals surface area (Å²) in [6.45, 7) is 4.20. The lowest BCUT2D eigenvalue weighted by Gasteiger charge is -2.27. The Bertz CT molecular complexity index is 1150. The van der Waals surface area contributed by atoms with E-state index in [9.17, 15) is 17.6 Å². The molecule has 35 heavy (non-hydrogen) atoms. The number of hydrogen-bond acceptors (Lipinski definition) is 2. The van der Waals surface area contributed by atoms with Gasteiger partial charge in [0.15, 0.2) is 23.3 Å². The number of hydrogen-bond donors (Lipinski definition) is 0. The van der Waals surface area contributed by atoms with Gasteiger partial charge in [0, 0.05) is 23.3 Å². The van der Waals surface area contributed by atoms with Crippen LogP contribution in [0, 0.1) is 29.2 Å². The second-order valence-corrected chi connectivity index (χ2v) is 9.25. The molecule has 0 aliphatic heterocycles. The Morgan fingerprint density at radius 1 is 0.714 bits per heavy atom. The number of rotatable bonds is 8. The Balaban J connectivity index is 1.44. The monoisotopic (exact) mass is 486 g/mol. The van der Waals surface area contributed by atoms with E-state index in [0.717, 1.165) is 25.7 Å². The van der Waals surface area contributed by atoms with Gasteiger partial charge >= 0.3 is 0 Å². The summed E-state index contributed by atoms with van der Waals surface area (Å²) >= 11 is 0. The molecular weight excluding hydrogens is 456 g/mol. The zero-order valence-electron chi connectivity index (χ0n) is 20.1. The fraction of sp³-hybridized carbons (Fsp3) is 0.379. The first-order valence-corrected chi connectivity index (χ1v) is 12.1. The van der Waals surface area contributed by atoms with E-state index < -0.39 is 23.3 Å². The molecule has 4 rings (SSSR count). The molecule has 0 aromatic heterocycles. The minimum atomic E-state index is -0.969. The van der Waals surface area contributed by atoms with Gasteiger partial charge in [-0.1, -0.05) is 56.2 Å². The van der Waals surface area contributed by atoms with Crippen molar-refractivity contribution in [2.45, 2.75) is 58.7 Å². The molecule has 1 saturated carbocycles. The van der Waals surface area contributed by atoms with Crippen molar-refractivity contribution in [3.05, 3.63) is 88.5 Å². The third kappa shape index (κ3) is 5.69. The van der Waals surface area contributed by atoms with Gasteiger partial charge in [-0.25, -0.2) is 17.6 Å². The van der Waals surface area contributed by atoms with Crippen molar-refractivity contribution in [3.8, 4) is 16.9 Å². The zero-order valence-corrected chi connectivity index (χ0v) is 20.1. The van der Waals surface area contributed by atoms with Gasteiger partial charge in [-0.05, 0) is 54.9 Å². The topological polar surface area (TPSA) is 18.5 Å². The minimum absolute atomic E-state index is 0.000151. The second-order valence-electron chi connectivity index (χ2n) is 9.25. The van der Waals surface area contributed by atoms with Crippen LogP contribution in [-0.2, 0) is 18.0 Å². The summed E-state index contributed by atoms with van der Waals surface area (Å²) in [6, 6.07) is 12.7. The van der Waals surface area contributed by atoms with Crippen LogP contribution in [0.25, 0.3) is 11.1 Å².